The summed E-state index contributed by atoms with van der Waals surface area (Å²) in [5.41, 5.74) is 2.88. The van der Waals surface area contributed by atoms with Crippen molar-refractivity contribution >= 4 is 0 Å². The maximum atomic E-state index is 6.03. The third-order valence-corrected chi connectivity index (χ3v) is 2.54. The maximum absolute atomic E-state index is 6.03. The van der Waals surface area contributed by atoms with Crippen molar-refractivity contribution in [1.29, 1.82) is 0 Å². The molecule has 1 unspecified atom stereocenters. The lowest BCUT2D eigenvalue weighted by molar-refractivity contribution is -0.936. The average molecular weight is 163 g/mol. The Balaban J connectivity index is 2.35. The normalized spacial score (nSPS) is 28.2. The number of hydrogen-bond acceptors (Lipinski definition) is 1. The lowest BCUT2D eigenvalue weighted by Gasteiger charge is -2.33. The molecule has 1 aliphatic rings. The van der Waals surface area contributed by atoms with Crippen LogP contribution in [0.15, 0.2) is 24.3 Å². The summed E-state index contributed by atoms with van der Waals surface area (Å²) in [5, 5.41) is 0. The van der Waals surface area contributed by atoms with Crippen LogP contribution in [0.5, 0.6) is 0 Å². The molecule has 0 fully saturated rings. The summed E-state index contributed by atoms with van der Waals surface area (Å²) in [7, 11) is 2.08. The van der Waals surface area contributed by atoms with E-state index in [1.165, 1.54) is 11.1 Å². The molecule has 0 aliphatic carbocycles. The SMILES string of the molecule is C[N+]1(N)CCc2ccccc2C1. The van der Waals surface area contributed by atoms with Crippen molar-refractivity contribution in [3.63, 3.8) is 0 Å². The number of nitrogens with zero attached hydrogens (tertiary/aromatic N) is 1. The van der Waals surface area contributed by atoms with Crippen LogP contribution in [-0.4, -0.2) is 18.2 Å². The van der Waals surface area contributed by atoms with Gasteiger partial charge < -0.3 is 0 Å². The second kappa shape index (κ2) is 2.57. The monoisotopic (exact) mass is 163 g/mol. The summed E-state index contributed by atoms with van der Waals surface area (Å²) in [6.07, 6.45) is 1.11. The molecule has 2 heteroatoms. The predicted octanol–water partition coefficient (Wildman–Crippen LogP) is 1.06. The highest BCUT2D eigenvalue weighted by atomic mass is 15.6. The second-order valence-electron chi connectivity index (χ2n) is 3.88. The van der Waals surface area contributed by atoms with Gasteiger partial charge in [0.25, 0.3) is 0 Å². The first-order valence-electron chi connectivity index (χ1n) is 4.37. The third kappa shape index (κ3) is 1.36. The first kappa shape index (κ1) is 7.77. The van der Waals surface area contributed by atoms with Crippen LogP contribution >= 0.6 is 0 Å². The molecular weight excluding hydrogens is 148 g/mol. The molecule has 1 aromatic carbocycles. The number of likely N-dealkylation sites (N-methyl/N-ethyl adjacent to an activating group) is 1. The zero-order valence-corrected chi connectivity index (χ0v) is 7.46. The molecule has 2 nitrogen and oxygen atoms in total. The smallest absolute Gasteiger partial charge is 0.122 e. The van der Waals surface area contributed by atoms with Crippen LogP contribution < -0.4 is 5.84 Å². The minimum absolute atomic E-state index is 0.636. The van der Waals surface area contributed by atoms with E-state index in [0.717, 1.165) is 19.5 Å². The van der Waals surface area contributed by atoms with Crippen molar-refractivity contribution in [3.05, 3.63) is 35.4 Å². The summed E-state index contributed by atoms with van der Waals surface area (Å²) in [5.74, 6) is 6.03. The highest BCUT2D eigenvalue weighted by Crippen LogP contribution is 2.19. The van der Waals surface area contributed by atoms with Gasteiger partial charge in [-0.1, -0.05) is 24.3 Å². The molecule has 1 atom stereocenters. The van der Waals surface area contributed by atoms with Crippen LogP contribution in [0.4, 0.5) is 0 Å². The van der Waals surface area contributed by atoms with Crippen molar-refractivity contribution in [2.24, 2.45) is 5.84 Å². The summed E-state index contributed by atoms with van der Waals surface area (Å²) in [6, 6.07) is 8.57. The van der Waals surface area contributed by atoms with Crippen molar-refractivity contribution < 1.29 is 4.59 Å². The molecule has 0 amide bonds. The van der Waals surface area contributed by atoms with Crippen LogP contribution in [0, 0.1) is 0 Å². The molecule has 1 heterocycles. The Labute approximate surface area is 73.2 Å². The number of benzene rings is 1. The van der Waals surface area contributed by atoms with Crippen molar-refractivity contribution in [2.45, 2.75) is 13.0 Å². The van der Waals surface area contributed by atoms with Gasteiger partial charge in [0, 0.05) is 12.0 Å². The van der Waals surface area contributed by atoms with Crippen molar-refractivity contribution in [2.75, 3.05) is 13.6 Å². The van der Waals surface area contributed by atoms with E-state index in [4.69, 9.17) is 5.84 Å². The standard InChI is InChI=1S/C10H15N2/c1-12(11)7-6-9-4-2-3-5-10(9)8-12/h2-5H,6-8,11H2,1H3/q+1. The largest absolute Gasteiger partial charge is 0.247 e. The van der Waals surface area contributed by atoms with Gasteiger partial charge in [0.15, 0.2) is 0 Å². The number of quaternary nitrogens is 1. The molecule has 0 aromatic heterocycles. The second-order valence-corrected chi connectivity index (χ2v) is 3.88. The summed E-state index contributed by atoms with van der Waals surface area (Å²) in [4.78, 5) is 0. The molecule has 1 aliphatic heterocycles. The van der Waals surface area contributed by atoms with Crippen LogP contribution in [0.3, 0.4) is 0 Å². The van der Waals surface area contributed by atoms with Gasteiger partial charge in [0.2, 0.25) is 0 Å². The van der Waals surface area contributed by atoms with Gasteiger partial charge >= 0.3 is 0 Å². The van der Waals surface area contributed by atoms with E-state index in [0.29, 0.717) is 4.59 Å². The minimum Gasteiger partial charge on any atom is -0.247 e. The minimum atomic E-state index is 0.636. The molecule has 0 spiro atoms. The van der Waals surface area contributed by atoms with Gasteiger partial charge in [-0.2, -0.15) is 5.84 Å². The van der Waals surface area contributed by atoms with Crippen LogP contribution in [0.2, 0.25) is 0 Å². The number of hydrogen-bond donors (Lipinski definition) is 1. The van der Waals surface area contributed by atoms with Gasteiger partial charge in [-0.05, 0) is 5.56 Å². The average Bonchev–Trinajstić information content (AvgIpc) is 2.02. The Kier molecular flexibility index (Phi) is 1.67. The highest BCUT2D eigenvalue weighted by Gasteiger charge is 2.24. The zero-order chi connectivity index (χ0) is 8.60. The lowest BCUT2D eigenvalue weighted by atomic mass is 10.00. The molecule has 0 bridgehead atoms. The van der Waals surface area contributed by atoms with Crippen LogP contribution in [0.1, 0.15) is 11.1 Å². The summed E-state index contributed by atoms with van der Waals surface area (Å²) >= 11 is 0. The molecule has 0 saturated heterocycles. The molecule has 64 valence electrons. The first-order chi connectivity index (χ1) is 5.67. The molecule has 12 heavy (non-hydrogen) atoms. The van der Waals surface area contributed by atoms with Crippen LogP contribution in [-0.2, 0) is 13.0 Å². The van der Waals surface area contributed by atoms with Crippen LogP contribution in [0.25, 0.3) is 0 Å². The maximum Gasteiger partial charge on any atom is 0.122 e. The Bertz CT molecular complexity index is 292. The zero-order valence-electron chi connectivity index (χ0n) is 7.46. The Morgan fingerprint density at radius 1 is 1.25 bits per heavy atom. The van der Waals surface area contributed by atoms with Gasteiger partial charge in [-0.25, -0.2) is 4.59 Å². The van der Waals surface area contributed by atoms with Crippen molar-refractivity contribution in [1.82, 2.24) is 0 Å². The van der Waals surface area contributed by atoms with Crippen molar-refractivity contribution in [3.8, 4) is 0 Å². The van der Waals surface area contributed by atoms with Gasteiger partial charge in [-0.15, -0.1) is 0 Å². The number of nitrogens with two attached hydrogens (primary N) is 1. The predicted molar refractivity (Wildman–Crippen MR) is 49.1 cm³/mol. The molecule has 0 saturated carbocycles. The number of rotatable bonds is 0. The quantitative estimate of drug-likeness (QED) is 0.449. The third-order valence-electron chi connectivity index (χ3n) is 2.54. The first-order valence-corrected chi connectivity index (χ1v) is 4.37. The van der Waals surface area contributed by atoms with E-state index < -0.39 is 0 Å². The van der Waals surface area contributed by atoms with E-state index in [1.807, 2.05) is 0 Å². The lowest BCUT2D eigenvalue weighted by Crippen LogP contribution is -2.53. The highest BCUT2D eigenvalue weighted by molar-refractivity contribution is 5.27. The van der Waals surface area contributed by atoms with E-state index in [-0.39, 0.29) is 0 Å². The molecular formula is C10H15N2+. The van der Waals surface area contributed by atoms with E-state index in [9.17, 15) is 0 Å². The fourth-order valence-electron chi connectivity index (χ4n) is 1.80. The van der Waals surface area contributed by atoms with E-state index in [2.05, 4.69) is 31.3 Å². The van der Waals surface area contributed by atoms with E-state index in [1.54, 1.807) is 0 Å². The van der Waals surface area contributed by atoms with E-state index >= 15 is 0 Å². The molecule has 2 N–H and O–H groups in total. The summed E-state index contributed by atoms with van der Waals surface area (Å²) < 4.78 is 0.636. The fraction of sp³-hybridized carbons (Fsp3) is 0.400. The summed E-state index contributed by atoms with van der Waals surface area (Å²) in [6.45, 7) is 2.02. The van der Waals surface area contributed by atoms with Gasteiger partial charge in [0.1, 0.15) is 13.1 Å². The topological polar surface area (TPSA) is 26.0 Å². The fourth-order valence-corrected chi connectivity index (χ4v) is 1.80. The number of fused-ring (bicyclic) bond motifs is 1. The van der Waals surface area contributed by atoms with Gasteiger partial charge in [-0.3, -0.25) is 0 Å². The Morgan fingerprint density at radius 2 is 1.92 bits per heavy atom. The molecule has 0 radical (unpaired) electrons. The van der Waals surface area contributed by atoms with Gasteiger partial charge in [0.05, 0.1) is 7.05 Å². The molecule has 1 aromatic rings. The Hall–Kier alpha value is -0.860. The Morgan fingerprint density at radius 3 is 2.67 bits per heavy atom. The molecule has 2 rings (SSSR count).